The molecular weight excluding hydrogens is 358 g/mol. The second-order valence-corrected chi connectivity index (χ2v) is 9.30. The molecule has 9 heteroatoms. The molecule has 3 rings (SSSR count). The number of aromatic nitrogens is 2. The van der Waals surface area contributed by atoms with E-state index in [-0.39, 0.29) is 12.1 Å². The molecule has 2 unspecified atom stereocenters. The molecule has 1 saturated heterocycles. The van der Waals surface area contributed by atoms with Gasteiger partial charge in [0.05, 0.1) is 5.69 Å². The first-order valence-corrected chi connectivity index (χ1v) is 10.6. The largest absolute Gasteiger partial charge is 0.264 e. The standard InChI is InChI=1S/C16H23N5O2S2/c1-10-14(24-16(19-10)13-5-4-7-17-9-13)6-8-18-25(22,23)15-11(2)20-21-12(15)3/h4-5,7,9,11-12,15,18,20-21H,6,8H2,1-3H3. The minimum atomic E-state index is -3.39. The van der Waals surface area contributed by atoms with E-state index in [9.17, 15) is 8.42 Å². The Morgan fingerprint density at radius 2 is 2.00 bits per heavy atom. The average Bonchev–Trinajstić information content (AvgIpc) is 3.11. The van der Waals surface area contributed by atoms with Crippen LogP contribution in [0.25, 0.3) is 10.6 Å². The van der Waals surface area contributed by atoms with Crippen LogP contribution in [0.5, 0.6) is 0 Å². The third-order valence-corrected chi connectivity index (χ3v) is 7.74. The summed E-state index contributed by atoms with van der Waals surface area (Å²) in [5.41, 5.74) is 7.88. The predicted octanol–water partition coefficient (Wildman–Crippen LogP) is 1.23. The summed E-state index contributed by atoms with van der Waals surface area (Å²) in [5.74, 6) is 0. The molecule has 0 spiro atoms. The van der Waals surface area contributed by atoms with Crippen molar-refractivity contribution in [2.75, 3.05) is 6.54 Å². The molecule has 136 valence electrons. The van der Waals surface area contributed by atoms with Crippen molar-refractivity contribution in [2.45, 2.75) is 44.5 Å². The molecule has 0 aliphatic carbocycles. The highest BCUT2D eigenvalue weighted by molar-refractivity contribution is 7.90. The molecule has 7 nitrogen and oxygen atoms in total. The number of hydrazine groups is 1. The Bertz CT molecular complexity index is 812. The van der Waals surface area contributed by atoms with Crippen molar-refractivity contribution in [1.29, 1.82) is 0 Å². The Kier molecular flexibility index (Phi) is 5.49. The van der Waals surface area contributed by atoms with E-state index < -0.39 is 15.3 Å². The minimum absolute atomic E-state index is 0.130. The SMILES string of the molecule is Cc1nc(-c2cccnc2)sc1CCNS(=O)(=O)C1C(C)NNC1C. The Morgan fingerprint density at radius 1 is 1.28 bits per heavy atom. The van der Waals surface area contributed by atoms with Crippen molar-refractivity contribution < 1.29 is 8.42 Å². The molecule has 0 aromatic carbocycles. The van der Waals surface area contributed by atoms with Gasteiger partial charge in [-0.2, -0.15) is 0 Å². The molecule has 0 bridgehead atoms. The van der Waals surface area contributed by atoms with Crippen LogP contribution in [0.15, 0.2) is 24.5 Å². The van der Waals surface area contributed by atoms with Crippen LogP contribution >= 0.6 is 11.3 Å². The van der Waals surface area contributed by atoms with Gasteiger partial charge in [0.15, 0.2) is 0 Å². The molecule has 2 aromatic rings. The quantitative estimate of drug-likeness (QED) is 0.696. The van der Waals surface area contributed by atoms with Gasteiger partial charge >= 0.3 is 0 Å². The second kappa shape index (κ2) is 7.46. The maximum atomic E-state index is 12.5. The zero-order chi connectivity index (χ0) is 18.0. The van der Waals surface area contributed by atoms with Crippen LogP contribution in [-0.2, 0) is 16.4 Å². The van der Waals surface area contributed by atoms with Crippen LogP contribution in [0.3, 0.4) is 0 Å². The number of nitrogens with zero attached hydrogens (tertiary/aromatic N) is 2. The molecule has 3 heterocycles. The first kappa shape index (κ1) is 18.4. The summed E-state index contributed by atoms with van der Waals surface area (Å²) in [4.78, 5) is 9.78. The summed E-state index contributed by atoms with van der Waals surface area (Å²) >= 11 is 1.59. The van der Waals surface area contributed by atoms with Gasteiger partial charge < -0.3 is 0 Å². The number of rotatable bonds is 6. The molecule has 0 amide bonds. The Hall–Kier alpha value is -1.39. The lowest BCUT2D eigenvalue weighted by molar-refractivity contribution is 0.545. The van der Waals surface area contributed by atoms with E-state index >= 15 is 0 Å². The fourth-order valence-electron chi connectivity index (χ4n) is 3.07. The summed E-state index contributed by atoms with van der Waals surface area (Å²) in [6.45, 7) is 6.06. The van der Waals surface area contributed by atoms with Gasteiger partial charge in [-0.05, 0) is 39.3 Å². The number of pyridine rings is 1. The van der Waals surface area contributed by atoms with Crippen molar-refractivity contribution in [3.8, 4) is 10.6 Å². The van der Waals surface area contributed by atoms with E-state index in [0.29, 0.717) is 13.0 Å². The number of thiazole rings is 1. The molecule has 0 radical (unpaired) electrons. The summed E-state index contributed by atoms with van der Waals surface area (Å²) in [7, 11) is -3.39. The number of hydrogen-bond acceptors (Lipinski definition) is 7. The van der Waals surface area contributed by atoms with E-state index in [0.717, 1.165) is 21.1 Å². The lowest BCUT2D eigenvalue weighted by atomic mass is 10.2. The fourth-order valence-corrected chi connectivity index (χ4v) is 5.92. The molecule has 1 aliphatic rings. The molecular formula is C16H23N5O2S2. The monoisotopic (exact) mass is 381 g/mol. The summed E-state index contributed by atoms with van der Waals surface area (Å²) in [6, 6.07) is 3.59. The van der Waals surface area contributed by atoms with Crippen molar-refractivity contribution in [2.24, 2.45) is 0 Å². The maximum Gasteiger partial charge on any atom is 0.217 e. The minimum Gasteiger partial charge on any atom is -0.264 e. The van der Waals surface area contributed by atoms with Crippen LogP contribution in [0.1, 0.15) is 24.4 Å². The van der Waals surface area contributed by atoms with Gasteiger partial charge in [-0.3, -0.25) is 15.8 Å². The smallest absolute Gasteiger partial charge is 0.217 e. The van der Waals surface area contributed by atoms with E-state index in [1.165, 1.54) is 0 Å². The van der Waals surface area contributed by atoms with E-state index in [1.54, 1.807) is 23.7 Å². The number of hydrogen-bond donors (Lipinski definition) is 3. The van der Waals surface area contributed by atoms with Crippen molar-refractivity contribution in [1.82, 2.24) is 25.5 Å². The molecule has 3 N–H and O–H groups in total. The average molecular weight is 382 g/mol. The third kappa shape index (κ3) is 4.06. The van der Waals surface area contributed by atoms with Gasteiger partial charge in [0.25, 0.3) is 0 Å². The first-order valence-electron chi connectivity index (χ1n) is 8.24. The highest BCUT2D eigenvalue weighted by Gasteiger charge is 2.39. The van der Waals surface area contributed by atoms with Gasteiger partial charge in [0, 0.05) is 41.5 Å². The van der Waals surface area contributed by atoms with Crippen LogP contribution in [-0.4, -0.2) is 42.3 Å². The highest BCUT2D eigenvalue weighted by atomic mass is 32.2. The Morgan fingerprint density at radius 3 is 2.64 bits per heavy atom. The van der Waals surface area contributed by atoms with Gasteiger partial charge in [-0.1, -0.05) is 0 Å². The fraction of sp³-hybridized carbons (Fsp3) is 0.500. The van der Waals surface area contributed by atoms with E-state index in [1.807, 2.05) is 32.9 Å². The molecule has 2 aromatic heterocycles. The summed E-state index contributed by atoms with van der Waals surface area (Å²) < 4.78 is 27.8. The Labute approximate surface area is 152 Å². The molecule has 1 aliphatic heterocycles. The van der Waals surface area contributed by atoms with Crippen LogP contribution in [0.2, 0.25) is 0 Å². The summed E-state index contributed by atoms with van der Waals surface area (Å²) in [6.07, 6.45) is 4.14. The number of aryl methyl sites for hydroxylation is 1. The van der Waals surface area contributed by atoms with Gasteiger partial charge in [-0.25, -0.2) is 18.1 Å². The molecule has 25 heavy (non-hydrogen) atoms. The third-order valence-electron chi connectivity index (χ3n) is 4.34. The lowest BCUT2D eigenvalue weighted by Crippen LogP contribution is -2.45. The second-order valence-electron chi connectivity index (χ2n) is 6.29. The number of sulfonamides is 1. The highest BCUT2D eigenvalue weighted by Crippen LogP contribution is 2.27. The predicted molar refractivity (Wildman–Crippen MR) is 99.7 cm³/mol. The van der Waals surface area contributed by atoms with Crippen LogP contribution in [0, 0.1) is 6.92 Å². The topological polar surface area (TPSA) is 96.0 Å². The molecule has 0 saturated carbocycles. The van der Waals surface area contributed by atoms with Crippen LogP contribution in [0.4, 0.5) is 0 Å². The number of nitrogens with one attached hydrogen (secondary N) is 3. The maximum absolute atomic E-state index is 12.5. The van der Waals surface area contributed by atoms with Crippen molar-refractivity contribution in [3.63, 3.8) is 0 Å². The normalized spacial score (nSPS) is 23.9. The molecule has 2 atom stereocenters. The van der Waals surface area contributed by atoms with Gasteiger partial charge in [-0.15, -0.1) is 11.3 Å². The van der Waals surface area contributed by atoms with Gasteiger partial charge in [0.2, 0.25) is 10.0 Å². The Balaban J connectivity index is 1.64. The zero-order valence-electron chi connectivity index (χ0n) is 14.5. The van der Waals surface area contributed by atoms with Crippen molar-refractivity contribution in [3.05, 3.63) is 35.1 Å². The molecule has 1 fully saturated rings. The van der Waals surface area contributed by atoms with Gasteiger partial charge in [0.1, 0.15) is 10.3 Å². The van der Waals surface area contributed by atoms with E-state index in [4.69, 9.17) is 0 Å². The van der Waals surface area contributed by atoms with Crippen LogP contribution < -0.4 is 15.6 Å². The van der Waals surface area contributed by atoms with E-state index in [2.05, 4.69) is 25.5 Å². The van der Waals surface area contributed by atoms with Crippen molar-refractivity contribution >= 4 is 21.4 Å². The first-order chi connectivity index (χ1) is 11.9. The lowest BCUT2D eigenvalue weighted by Gasteiger charge is -2.18. The summed E-state index contributed by atoms with van der Waals surface area (Å²) in [5, 5.41) is 0.427. The zero-order valence-corrected chi connectivity index (χ0v) is 16.1.